The van der Waals surface area contributed by atoms with Crippen LogP contribution in [0.1, 0.15) is 40.7 Å². The summed E-state index contributed by atoms with van der Waals surface area (Å²) >= 11 is 0. The lowest BCUT2D eigenvalue weighted by Crippen LogP contribution is -2.36. The van der Waals surface area contributed by atoms with Gasteiger partial charge in [0.2, 0.25) is 0 Å². The zero-order valence-electron chi connectivity index (χ0n) is 15.4. The minimum absolute atomic E-state index is 0.0370. The summed E-state index contributed by atoms with van der Waals surface area (Å²) in [5.41, 5.74) is 2.35. The third kappa shape index (κ3) is 3.95. The van der Waals surface area contributed by atoms with Crippen molar-refractivity contribution in [3.63, 3.8) is 0 Å². The first kappa shape index (κ1) is 17.5. The summed E-state index contributed by atoms with van der Waals surface area (Å²) in [4.78, 5) is 14.9. The minimum Gasteiger partial charge on any atom is -0.468 e. The molecule has 6 heteroatoms. The molecule has 1 aliphatic heterocycles. The SMILES string of the molecule is Cc1ccc(-c2cc(C(=O)NCC(c3ccco3)N3CCCC3)no2)cc1. The van der Waals surface area contributed by atoms with E-state index in [2.05, 4.69) is 15.4 Å². The Morgan fingerprint density at radius 1 is 1.22 bits per heavy atom. The molecule has 1 aliphatic rings. The molecule has 3 aromatic rings. The summed E-state index contributed by atoms with van der Waals surface area (Å²) < 4.78 is 10.9. The second kappa shape index (κ2) is 7.80. The molecule has 4 rings (SSSR count). The molecule has 0 spiro atoms. The number of carbonyl (C=O) groups excluding carboxylic acids is 1. The average molecular weight is 365 g/mol. The fourth-order valence-corrected chi connectivity index (χ4v) is 3.46. The molecule has 1 amide bonds. The van der Waals surface area contributed by atoms with Crippen LogP contribution >= 0.6 is 0 Å². The number of hydrogen-bond acceptors (Lipinski definition) is 5. The number of furan rings is 1. The summed E-state index contributed by atoms with van der Waals surface area (Å²) in [7, 11) is 0. The second-order valence-electron chi connectivity index (χ2n) is 6.93. The van der Waals surface area contributed by atoms with Crippen LogP contribution in [0, 0.1) is 6.92 Å². The second-order valence-corrected chi connectivity index (χ2v) is 6.93. The van der Waals surface area contributed by atoms with Gasteiger partial charge in [-0.3, -0.25) is 9.69 Å². The van der Waals surface area contributed by atoms with Crippen LogP contribution in [0.15, 0.2) is 57.7 Å². The van der Waals surface area contributed by atoms with Crippen molar-refractivity contribution in [2.24, 2.45) is 0 Å². The Kier molecular flexibility index (Phi) is 5.07. The van der Waals surface area contributed by atoms with Crippen LogP contribution in [0.2, 0.25) is 0 Å². The van der Waals surface area contributed by atoms with E-state index in [1.165, 1.54) is 18.4 Å². The first-order valence-corrected chi connectivity index (χ1v) is 9.30. The Bertz CT molecular complexity index is 878. The lowest BCUT2D eigenvalue weighted by Gasteiger charge is -2.25. The highest BCUT2D eigenvalue weighted by molar-refractivity contribution is 5.93. The van der Waals surface area contributed by atoms with Crippen molar-refractivity contribution in [3.8, 4) is 11.3 Å². The maximum absolute atomic E-state index is 12.5. The molecule has 1 saturated heterocycles. The zero-order valence-corrected chi connectivity index (χ0v) is 15.4. The van der Waals surface area contributed by atoms with E-state index in [-0.39, 0.29) is 17.6 Å². The maximum Gasteiger partial charge on any atom is 0.273 e. The molecular formula is C21H23N3O3. The monoisotopic (exact) mass is 365 g/mol. The molecule has 0 saturated carbocycles. The van der Waals surface area contributed by atoms with Crippen LogP contribution in [0.3, 0.4) is 0 Å². The van der Waals surface area contributed by atoms with Gasteiger partial charge in [-0.2, -0.15) is 0 Å². The van der Waals surface area contributed by atoms with Gasteiger partial charge in [-0.15, -0.1) is 0 Å². The third-order valence-corrected chi connectivity index (χ3v) is 4.99. The molecule has 0 radical (unpaired) electrons. The summed E-state index contributed by atoms with van der Waals surface area (Å²) in [6.07, 6.45) is 4.02. The number of carbonyl (C=O) groups is 1. The van der Waals surface area contributed by atoms with E-state index >= 15 is 0 Å². The van der Waals surface area contributed by atoms with Crippen LogP contribution in [0.25, 0.3) is 11.3 Å². The number of likely N-dealkylation sites (tertiary alicyclic amines) is 1. The van der Waals surface area contributed by atoms with Gasteiger partial charge in [-0.1, -0.05) is 35.0 Å². The number of amides is 1. The van der Waals surface area contributed by atoms with E-state index in [0.717, 1.165) is 24.4 Å². The molecule has 1 fully saturated rings. The predicted molar refractivity (Wildman–Crippen MR) is 101 cm³/mol. The van der Waals surface area contributed by atoms with Crippen LogP contribution in [-0.4, -0.2) is 35.6 Å². The van der Waals surface area contributed by atoms with E-state index in [0.29, 0.717) is 12.3 Å². The fourth-order valence-electron chi connectivity index (χ4n) is 3.46. The Balaban J connectivity index is 1.43. The van der Waals surface area contributed by atoms with Crippen LogP contribution in [0.5, 0.6) is 0 Å². The highest BCUT2D eigenvalue weighted by Crippen LogP contribution is 2.25. The molecule has 1 atom stereocenters. The quantitative estimate of drug-likeness (QED) is 0.719. The van der Waals surface area contributed by atoms with Crippen molar-refractivity contribution in [2.75, 3.05) is 19.6 Å². The predicted octanol–water partition coefficient (Wildman–Crippen LogP) is 3.81. The van der Waals surface area contributed by atoms with Crippen LogP contribution in [0.4, 0.5) is 0 Å². The van der Waals surface area contributed by atoms with E-state index in [4.69, 9.17) is 8.94 Å². The summed E-state index contributed by atoms with van der Waals surface area (Å²) in [6.45, 7) is 4.53. The Morgan fingerprint density at radius 2 is 2.00 bits per heavy atom. The van der Waals surface area contributed by atoms with E-state index < -0.39 is 0 Å². The first-order chi connectivity index (χ1) is 13.2. The van der Waals surface area contributed by atoms with Crippen molar-refractivity contribution in [3.05, 3.63) is 65.7 Å². The minimum atomic E-state index is -0.243. The van der Waals surface area contributed by atoms with E-state index in [9.17, 15) is 4.79 Å². The molecule has 2 aromatic heterocycles. The topological polar surface area (TPSA) is 71.5 Å². The van der Waals surface area contributed by atoms with Gasteiger partial charge >= 0.3 is 0 Å². The van der Waals surface area contributed by atoms with Crippen molar-refractivity contribution in [2.45, 2.75) is 25.8 Å². The van der Waals surface area contributed by atoms with Crippen molar-refractivity contribution in [1.82, 2.24) is 15.4 Å². The lowest BCUT2D eigenvalue weighted by atomic mass is 10.1. The number of nitrogens with one attached hydrogen (secondary N) is 1. The van der Waals surface area contributed by atoms with Gasteiger partial charge in [-0.25, -0.2) is 0 Å². The summed E-state index contributed by atoms with van der Waals surface area (Å²) in [5.74, 6) is 1.22. The van der Waals surface area contributed by atoms with Gasteiger partial charge in [-0.05, 0) is 45.0 Å². The average Bonchev–Trinajstić information content (AvgIpc) is 3.44. The molecule has 1 unspecified atom stereocenters. The highest BCUT2D eigenvalue weighted by atomic mass is 16.5. The van der Waals surface area contributed by atoms with Crippen molar-refractivity contribution in [1.29, 1.82) is 0 Å². The van der Waals surface area contributed by atoms with Crippen molar-refractivity contribution < 1.29 is 13.7 Å². The molecule has 3 heterocycles. The number of aryl methyl sites for hydroxylation is 1. The Morgan fingerprint density at radius 3 is 2.70 bits per heavy atom. The zero-order chi connectivity index (χ0) is 18.6. The third-order valence-electron chi connectivity index (χ3n) is 4.99. The number of nitrogens with zero attached hydrogens (tertiary/aromatic N) is 2. The molecule has 1 aromatic carbocycles. The molecule has 140 valence electrons. The van der Waals surface area contributed by atoms with E-state index in [1.807, 2.05) is 43.3 Å². The van der Waals surface area contributed by atoms with Gasteiger partial charge in [0.05, 0.1) is 12.3 Å². The smallest absolute Gasteiger partial charge is 0.273 e. The normalized spacial score (nSPS) is 15.7. The molecule has 27 heavy (non-hydrogen) atoms. The van der Waals surface area contributed by atoms with Crippen molar-refractivity contribution >= 4 is 5.91 Å². The molecule has 0 aliphatic carbocycles. The molecule has 1 N–H and O–H groups in total. The molecular weight excluding hydrogens is 342 g/mol. The maximum atomic E-state index is 12.5. The highest BCUT2D eigenvalue weighted by Gasteiger charge is 2.26. The Labute approximate surface area is 158 Å². The van der Waals surface area contributed by atoms with Gasteiger partial charge in [0.25, 0.3) is 5.91 Å². The lowest BCUT2D eigenvalue weighted by molar-refractivity contribution is 0.0925. The summed E-state index contributed by atoms with van der Waals surface area (Å²) in [5, 5.41) is 6.90. The number of benzene rings is 1. The first-order valence-electron chi connectivity index (χ1n) is 9.30. The van der Waals surface area contributed by atoms with Gasteiger partial charge in [0.1, 0.15) is 5.76 Å². The number of hydrogen-bond donors (Lipinski definition) is 1. The summed E-state index contributed by atoms with van der Waals surface area (Å²) in [6, 6.07) is 13.5. The fraction of sp³-hybridized carbons (Fsp3) is 0.333. The van der Waals surface area contributed by atoms with Gasteiger partial charge in [0, 0.05) is 18.2 Å². The Hall–Kier alpha value is -2.86. The standard InChI is InChI=1S/C21H23N3O3/c1-15-6-8-16(9-7-15)20-13-17(23-27-20)21(25)22-14-18(19-5-4-12-26-19)24-10-2-3-11-24/h4-9,12-13,18H,2-3,10-11,14H2,1H3,(H,22,25). The number of aromatic nitrogens is 1. The number of rotatable bonds is 6. The molecule has 6 nitrogen and oxygen atoms in total. The largest absolute Gasteiger partial charge is 0.468 e. The van der Waals surface area contributed by atoms with Crippen LogP contribution < -0.4 is 5.32 Å². The molecule has 0 bridgehead atoms. The van der Waals surface area contributed by atoms with E-state index in [1.54, 1.807) is 12.3 Å². The van der Waals surface area contributed by atoms with Gasteiger partial charge in [0.15, 0.2) is 11.5 Å². The van der Waals surface area contributed by atoms with Crippen LogP contribution in [-0.2, 0) is 0 Å². The van der Waals surface area contributed by atoms with Gasteiger partial charge < -0.3 is 14.3 Å².